The average molecular weight is 241 g/mol. The van der Waals surface area contributed by atoms with Crippen molar-refractivity contribution in [3.8, 4) is 0 Å². The topological polar surface area (TPSA) is 38.3 Å². The monoisotopic (exact) mass is 241 g/mol. The summed E-state index contributed by atoms with van der Waals surface area (Å²) in [6, 6.07) is 4.38. The highest BCUT2D eigenvalue weighted by Gasteiger charge is 2.41. The normalized spacial score (nSPS) is 17.7. The standard InChI is InChI=1S/C11H12FNO2S/c1-11(5-15-6-11)10(14)13-7-2-3-9(16)8(12)4-7/h2-4,16H,5-6H2,1H3,(H,13,14). The number of nitrogens with one attached hydrogen (secondary N) is 1. The first-order valence-electron chi connectivity index (χ1n) is 4.89. The summed E-state index contributed by atoms with van der Waals surface area (Å²) in [6.45, 7) is 2.63. The van der Waals surface area contributed by atoms with Crippen molar-refractivity contribution in [2.45, 2.75) is 11.8 Å². The van der Waals surface area contributed by atoms with Crippen LogP contribution >= 0.6 is 12.6 Å². The number of ether oxygens (including phenoxy) is 1. The van der Waals surface area contributed by atoms with Crippen LogP contribution in [0.3, 0.4) is 0 Å². The van der Waals surface area contributed by atoms with Crippen LogP contribution in [0.2, 0.25) is 0 Å². The lowest BCUT2D eigenvalue weighted by Gasteiger charge is -2.36. The van der Waals surface area contributed by atoms with Crippen LogP contribution in [0.25, 0.3) is 0 Å². The molecule has 0 aromatic heterocycles. The Kier molecular flexibility index (Phi) is 2.90. The van der Waals surface area contributed by atoms with E-state index in [2.05, 4.69) is 17.9 Å². The van der Waals surface area contributed by atoms with Crippen molar-refractivity contribution < 1.29 is 13.9 Å². The molecular formula is C11H12FNO2S. The zero-order valence-corrected chi connectivity index (χ0v) is 9.68. The Bertz CT molecular complexity index is 432. The zero-order valence-electron chi connectivity index (χ0n) is 8.79. The third-order valence-corrected chi connectivity index (χ3v) is 2.96. The second-order valence-electron chi connectivity index (χ2n) is 4.17. The number of benzene rings is 1. The molecular weight excluding hydrogens is 229 g/mol. The second kappa shape index (κ2) is 4.07. The van der Waals surface area contributed by atoms with Crippen LogP contribution in [0.1, 0.15) is 6.92 Å². The molecule has 1 heterocycles. The molecule has 0 saturated carbocycles. The van der Waals surface area contributed by atoms with E-state index in [4.69, 9.17) is 4.74 Å². The summed E-state index contributed by atoms with van der Waals surface area (Å²) in [7, 11) is 0. The van der Waals surface area contributed by atoms with Crippen molar-refractivity contribution in [1.29, 1.82) is 0 Å². The lowest BCUT2D eigenvalue weighted by atomic mass is 9.87. The number of carbonyl (C=O) groups is 1. The minimum absolute atomic E-state index is 0.148. The molecule has 1 saturated heterocycles. The summed E-state index contributed by atoms with van der Waals surface area (Å²) in [4.78, 5) is 12.0. The van der Waals surface area contributed by atoms with E-state index in [-0.39, 0.29) is 10.8 Å². The highest BCUT2D eigenvalue weighted by Crippen LogP contribution is 2.28. The molecule has 1 amide bonds. The molecule has 1 aromatic carbocycles. The summed E-state index contributed by atoms with van der Waals surface area (Å²) >= 11 is 3.91. The van der Waals surface area contributed by atoms with Gasteiger partial charge in [0, 0.05) is 10.6 Å². The average Bonchev–Trinajstić information content (AvgIpc) is 2.20. The molecule has 16 heavy (non-hydrogen) atoms. The van der Waals surface area contributed by atoms with E-state index < -0.39 is 11.2 Å². The Hall–Kier alpha value is -1.07. The molecule has 1 N–H and O–H groups in total. The van der Waals surface area contributed by atoms with Gasteiger partial charge in [0.05, 0.1) is 18.6 Å². The fraction of sp³-hybridized carbons (Fsp3) is 0.364. The van der Waals surface area contributed by atoms with Gasteiger partial charge in [0.1, 0.15) is 5.82 Å². The zero-order chi connectivity index (χ0) is 11.8. The maximum absolute atomic E-state index is 13.2. The quantitative estimate of drug-likeness (QED) is 0.778. The third kappa shape index (κ3) is 2.05. The molecule has 0 radical (unpaired) electrons. The minimum Gasteiger partial charge on any atom is -0.379 e. The van der Waals surface area contributed by atoms with Gasteiger partial charge in [0.15, 0.2) is 0 Å². The molecule has 1 fully saturated rings. The predicted octanol–water partition coefficient (Wildman–Crippen LogP) is 2.09. The summed E-state index contributed by atoms with van der Waals surface area (Å²) in [5.41, 5.74) is -0.0516. The minimum atomic E-state index is -0.490. The van der Waals surface area contributed by atoms with Crippen molar-refractivity contribution in [1.82, 2.24) is 0 Å². The van der Waals surface area contributed by atoms with E-state index in [1.165, 1.54) is 12.1 Å². The highest BCUT2D eigenvalue weighted by molar-refractivity contribution is 7.80. The largest absolute Gasteiger partial charge is 0.379 e. The summed E-state index contributed by atoms with van der Waals surface area (Å²) in [6.07, 6.45) is 0. The van der Waals surface area contributed by atoms with Crippen LogP contribution in [-0.4, -0.2) is 19.1 Å². The van der Waals surface area contributed by atoms with Gasteiger partial charge in [-0.15, -0.1) is 12.6 Å². The molecule has 1 aliphatic rings. The highest BCUT2D eigenvalue weighted by atomic mass is 32.1. The Balaban J connectivity index is 2.09. The van der Waals surface area contributed by atoms with E-state index in [9.17, 15) is 9.18 Å². The smallest absolute Gasteiger partial charge is 0.234 e. The number of hydrogen-bond donors (Lipinski definition) is 2. The van der Waals surface area contributed by atoms with Gasteiger partial charge in [-0.2, -0.15) is 0 Å². The van der Waals surface area contributed by atoms with Crippen molar-refractivity contribution >= 4 is 24.2 Å². The third-order valence-electron chi connectivity index (χ3n) is 2.59. The number of hydrogen-bond acceptors (Lipinski definition) is 3. The van der Waals surface area contributed by atoms with Crippen LogP contribution in [0.15, 0.2) is 23.1 Å². The molecule has 86 valence electrons. The Morgan fingerprint density at radius 1 is 1.56 bits per heavy atom. The lowest BCUT2D eigenvalue weighted by Crippen LogP contribution is -2.49. The van der Waals surface area contributed by atoms with Crippen molar-refractivity contribution in [3.63, 3.8) is 0 Å². The van der Waals surface area contributed by atoms with Gasteiger partial charge in [-0.3, -0.25) is 4.79 Å². The number of rotatable bonds is 2. The maximum atomic E-state index is 13.2. The van der Waals surface area contributed by atoms with Crippen LogP contribution in [0.5, 0.6) is 0 Å². The lowest BCUT2D eigenvalue weighted by molar-refractivity contribution is -0.151. The number of halogens is 1. The Morgan fingerprint density at radius 3 is 2.75 bits per heavy atom. The molecule has 3 nitrogen and oxygen atoms in total. The van der Waals surface area contributed by atoms with Crippen molar-refractivity contribution in [2.75, 3.05) is 18.5 Å². The molecule has 1 aromatic rings. The van der Waals surface area contributed by atoms with Gasteiger partial charge in [0.25, 0.3) is 0 Å². The van der Waals surface area contributed by atoms with E-state index in [1.54, 1.807) is 6.07 Å². The molecule has 0 atom stereocenters. The molecule has 0 unspecified atom stereocenters. The van der Waals surface area contributed by atoms with Gasteiger partial charge in [-0.05, 0) is 25.1 Å². The second-order valence-corrected chi connectivity index (χ2v) is 4.66. The van der Waals surface area contributed by atoms with Crippen LogP contribution in [-0.2, 0) is 9.53 Å². The van der Waals surface area contributed by atoms with E-state index in [1.807, 2.05) is 6.92 Å². The summed E-state index contributed by atoms with van der Waals surface area (Å²) in [5.74, 6) is -0.596. The SMILES string of the molecule is CC1(C(=O)Nc2ccc(S)c(F)c2)COC1. The van der Waals surface area contributed by atoms with Gasteiger partial charge in [-0.1, -0.05) is 0 Å². The first-order valence-corrected chi connectivity index (χ1v) is 5.34. The first-order chi connectivity index (χ1) is 7.51. The van der Waals surface area contributed by atoms with E-state index in [0.29, 0.717) is 18.9 Å². The van der Waals surface area contributed by atoms with Crippen molar-refractivity contribution in [2.24, 2.45) is 5.41 Å². The molecule has 0 aliphatic carbocycles. The van der Waals surface area contributed by atoms with Crippen LogP contribution < -0.4 is 5.32 Å². The van der Waals surface area contributed by atoms with Crippen molar-refractivity contribution in [3.05, 3.63) is 24.0 Å². The van der Waals surface area contributed by atoms with E-state index in [0.717, 1.165) is 0 Å². The molecule has 1 aliphatic heterocycles. The van der Waals surface area contributed by atoms with E-state index >= 15 is 0 Å². The van der Waals surface area contributed by atoms with Gasteiger partial charge < -0.3 is 10.1 Å². The number of anilines is 1. The van der Waals surface area contributed by atoms with Gasteiger partial charge >= 0.3 is 0 Å². The fourth-order valence-corrected chi connectivity index (χ4v) is 1.55. The number of thiol groups is 1. The number of carbonyl (C=O) groups excluding carboxylic acids is 1. The summed E-state index contributed by atoms with van der Waals surface area (Å²) in [5, 5.41) is 2.66. The number of amides is 1. The van der Waals surface area contributed by atoms with Crippen LogP contribution in [0, 0.1) is 11.2 Å². The molecule has 0 bridgehead atoms. The van der Waals surface area contributed by atoms with Gasteiger partial charge in [-0.25, -0.2) is 4.39 Å². The Labute approximate surface area is 98.4 Å². The molecule has 2 rings (SSSR count). The van der Waals surface area contributed by atoms with Crippen LogP contribution in [0.4, 0.5) is 10.1 Å². The fourth-order valence-electron chi connectivity index (χ4n) is 1.41. The molecule has 0 spiro atoms. The predicted molar refractivity (Wildman–Crippen MR) is 61.2 cm³/mol. The Morgan fingerprint density at radius 2 is 2.25 bits per heavy atom. The molecule has 5 heteroatoms. The maximum Gasteiger partial charge on any atom is 0.234 e. The first kappa shape index (κ1) is 11.4. The van der Waals surface area contributed by atoms with Gasteiger partial charge in [0.2, 0.25) is 5.91 Å². The summed E-state index contributed by atoms with van der Waals surface area (Å²) < 4.78 is 18.2.